The number of thioether (sulfide) groups is 2. The summed E-state index contributed by atoms with van der Waals surface area (Å²) in [6.07, 6.45) is 0.839. The van der Waals surface area contributed by atoms with Gasteiger partial charge in [0.25, 0.3) is 5.56 Å². The molecule has 1 aliphatic heterocycles. The second kappa shape index (κ2) is 7.68. The molecule has 0 bridgehead atoms. The number of benzene rings is 2. The zero-order valence-corrected chi connectivity index (χ0v) is 15.7. The third-order valence-electron chi connectivity index (χ3n) is 4.21. The first-order chi connectivity index (χ1) is 12.7. The van der Waals surface area contributed by atoms with Crippen LogP contribution in [-0.4, -0.2) is 15.3 Å². The molecule has 2 heterocycles. The van der Waals surface area contributed by atoms with Crippen molar-refractivity contribution in [2.45, 2.75) is 28.8 Å². The highest BCUT2D eigenvalue weighted by Crippen LogP contribution is 2.30. The summed E-state index contributed by atoms with van der Waals surface area (Å²) < 4.78 is 14.9. The molecule has 0 aliphatic carbocycles. The minimum atomic E-state index is -0.243. The summed E-state index contributed by atoms with van der Waals surface area (Å²) >= 11 is 3.12. The fourth-order valence-corrected chi connectivity index (χ4v) is 4.88. The molecule has 2 aromatic carbocycles. The Bertz CT molecular complexity index is 972. The molecule has 0 spiro atoms. The van der Waals surface area contributed by atoms with E-state index in [1.807, 2.05) is 30.3 Å². The first-order valence-corrected chi connectivity index (χ1v) is 10.4. The molecule has 0 saturated carbocycles. The minimum Gasteiger partial charge on any atom is -0.282 e. The molecule has 1 aliphatic rings. The van der Waals surface area contributed by atoms with Crippen molar-refractivity contribution in [2.24, 2.45) is 0 Å². The summed E-state index contributed by atoms with van der Waals surface area (Å²) in [6.45, 7) is 0.506. The van der Waals surface area contributed by atoms with Crippen molar-refractivity contribution in [3.8, 4) is 0 Å². The van der Waals surface area contributed by atoms with Gasteiger partial charge in [-0.1, -0.05) is 54.2 Å². The van der Waals surface area contributed by atoms with Crippen molar-refractivity contribution in [2.75, 3.05) is 5.75 Å². The highest BCUT2D eigenvalue weighted by atomic mass is 32.2. The number of halogens is 1. The van der Waals surface area contributed by atoms with E-state index in [2.05, 4.69) is 0 Å². The largest absolute Gasteiger partial charge is 0.282 e. The van der Waals surface area contributed by atoms with Gasteiger partial charge >= 0.3 is 0 Å². The molecule has 0 saturated heterocycles. The van der Waals surface area contributed by atoms with Crippen molar-refractivity contribution in [1.82, 2.24) is 9.55 Å². The Kier molecular flexibility index (Phi) is 5.13. The maximum atomic E-state index is 13.1. The van der Waals surface area contributed by atoms with Crippen LogP contribution in [-0.2, 0) is 18.7 Å². The van der Waals surface area contributed by atoms with Crippen molar-refractivity contribution >= 4 is 23.5 Å². The van der Waals surface area contributed by atoms with Crippen LogP contribution in [0.3, 0.4) is 0 Å². The zero-order chi connectivity index (χ0) is 17.9. The molecule has 26 heavy (non-hydrogen) atoms. The summed E-state index contributed by atoms with van der Waals surface area (Å²) in [7, 11) is 0. The lowest BCUT2D eigenvalue weighted by Gasteiger charge is -2.14. The van der Waals surface area contributed by atoms with Crippen LogP contribution >= 0.6 is 23.5 Å². The summed E-state index contributed by atoms with van der Waals surface area (Å²) in [6, 6.07) is 16.4. The van der Waals surface area contributed by atoms with E-state index in [1.54, 1.807) is 28.5 Å². The predicted octanol–water partition coefficient (Wildman–Crippen LogP) is 4.37. The van der Waals surface area contributed by atoms with Crippen LogP contribution in [0.4, 0.5) is 4.39 Å². The molecule has 3 nitrogen and oxygen atoms in total. The SMILES string of the molecule is O=c1c2c(nc(SCc3ccc(F)cc3)n1Cc1ccccc1)CCS2. The predicted molar refractivity (Wildman–Crippen MR) is 104 cm³/mol. The van der Waals surface area contributed by atoms with Gasteiger partial charge in [-0.2, -0.15) is 0 Å². The summed E-state index contributed by atoms with van der Waals surface area (Å²) in [5.74, 6) is 1.31. The summed E-state index contributed by atoms with van der Waals surface area (Å²) in [5.41, 5.74) is 3.03. The lowest BCUT2D eigenvalue weighted by molar-refractivity contribution is 0.616. The van der Waals surface area contributed by atoms with Gasteiger partial charge in [0.1, 0.15) is 5.82 Å². The zero-order valence-electron chi connectivity index (χ0n) is 14.0. The van der Waals surface area contributed by atoms with Gasteiger partial charge in [0.2, 0.25) is 0 Å². The Morgan fingerprint density at radius 2 is 1.85 bits per heavy atom. The van der Waals surface area contributed by atoms with Crippen molar-refractivity contribution in [3.63, 3.8) is 0 Å². The number of hydrogen-bond acceptors (Lipinski definition) is 4. The smallest absolute Gasteiger partial charge is 0.268 e. The average Bonchev–Trinajstić information content (AvgIpc) is 3.13. The quantitative estimate of drug-likeness (QED) is 0.483. The van der Waals surface area contributed by atoms with Crippen molar-refractivity contribution in [3.05, 3.63) is 87.6 Å². The van der Waals surface area contributed by atoms with Crippen LogP contribution < -0.4 is 5.56 Å². The maximum Gasteiger partial charge on any atom is 0.268 e. The lowest BCUT2D eigenvalue weighted by Crippen LogP contribution is -2.25. The molecule has 4 rings (SSSR count). The number of hydrogen-bond donors (Lipinski definition) is 0. The number of rotatable bonds is 5. The van der Waals surface area contributed by atoms with E-state index in [1.165, 1.54) is 23.9 Å². The Morgan fingerprint density at radius 3 is 2.62 bits per heavy atom. The van der Waals surface area contributed by atoms with E-state index in [0.29, 0.717) is 12.3 Å². The van der Waals surface area contributed by atoms with E-state index < -0.39 is 0 Å². The van der Waals surface area contributed by atoms with Crippen LogP contribution in [0, 0.1) is 5.82 Å². The molecule has 0 atom stereocenters. The molecule has 0 unspecified atom stereocenters. The number of fused-ring (bicyclic) bond motifs is 1. The standard InChI is InChI=1S/C20H17FN2OS2/c21-16-8-6-15(7-9-16)13-26-20-22-17-10-11-25-18(17)19(24)23(20)12-14-4-2-1-3-5-14/h1-9H,10-13H2. The molecule has 0 N–H and O–H groups in total. The third kappa shape index (κ3) is 3.71. The van der Waals surface area contributed by atoms with Gasteiger partial charge in [0.05, 0.1) is 17.1 Å². The second-order valence-electron chi connectivity index (χ2n) is 6.06. The van der Waals surface area contributed by atoms with E-state index in [4.69, 9.17) is 4.98 Å². The average molecular weight is 385 g/mol. The fourth-order valence-electron chi connectivity index (χ4n) is 2.87. The van der Waals surface area contributed by atoms with Gasteiger partial charge in [0.15, 0.2) is 5.16 Å². The molecule has 0 amide bonds. The van der Waals surface area contributed by atoms with Crippen LogP contribution in [0.25, 0.3) is 0 Å². The minimum absolute atomic E-state index is 0.0444. The van der Waals surface area contributed by atoms with Crippen LogP contribution in [0.1, 0.15) is 16.8 Å². The first kappa shape index (κ1) is 17.4. The topological polar surface area (TPSA) is 34.9 Å². The van der Waals surface area contributed by atoms with E-state index >= 15 is 0 Å². The van der Waals surface area contributed by atoms with Gasteiger partial charge in [-0.15, -0.1) is 11.8 Å². The van der Waals surface area contributed by atoms with Gasteiger partial charge in [-0.3, -0.25) is 9.36 Å². The molecule has 6 heteroatoms. The molecule has 3 aromatic rings. The maximum absolute atomic E-state index is 13.1. The Morgan fingerprint density at radius 1 is 1.08 bits per heavy atom. The summed E-state index contributed by atoms with van der Waals surface area (Å²) in [4.78, 5) is 18.5. The van der Waals surface area contributed by atoms with Gasteiger partial charge in [0, 0.05) is 17.9 Å². The first-order valence-electron chi connectivity index (χ1n) is 8.38. The Balaban J connectivity index is 1.66. The fraction of sp³-hybridized carbons (Fsp3) is 0.200. The molecule has 0 radical (unpaired) electrons. The molecular formula is C20H17FN2OS2. The van der Waals surface area contributed by atoms with E-state index in [-0.39, 0.29) is 11.4 Å². The van der Waals surface area contributed by atoms with E-state index in [9.17, 15) is 9.18 Å². The molecule has 132 valence electrons. The monoisotopic (exact) mass is 384 g/mol. The molecular weight excluding hydrogens is 367 g/mol. The normalized spacial score (nSPS) is 13.0. The van der Waals surface area contributed by atoms with E-state index in [0.717, 1.165) is 39.0 Å². The highest BCUT2D eigenvalue weighted by molar-refractivity contribution is 7.99. The van der Waals surface area contributed by atoms with Gasteiger partial charge < -0.3 is 0 Å². The van der Waals surface area contributed by atoms with Gasteiger partial charge in [-0.25, -0.2) is 9.37 Å². The van der Waals surface area contributed by atoms with Crippen LogP contribution in [0.15, 0.2) is 69.4 Å². The van der Waals surface area contributed by atoms with Crippen LogP contribution in [0.2, 0.25) is 0 Å². The Labute approximate surface area is 159 Å². The lowest BCUT2D eigenvalue weighted by atomic mass is 10.2. The summed E-state index contributed by atoms with van der Waals surface area (Å²) in [5, 5.41) is 0.726. The van der Waals surface area contributed by atoms with Crippen LogP contribution in [0.5, 0.6) is 0 Å². The van der Waals surface area contributed by atoms with Crippen molar-refractivity contribution < 1.29 is 4.39 Å². The number of aryl methyl sites for hydroxylation is 1. The third-order valence-corrected chi connectivity index (χ3v) is 6.37. The Hall–Kier alpha value is -2.05. The highest BCUT2D eigenvalue weighted by Gasteiger charge is 2.21. The molecule has 0 fully saturated rings. The molecule has 1 aromatic heterocycles. The number of aromatic nitrogens is 2. The number of nitrogens with zero attached hydrogens (tertiary/aromatic N) is 2. The van der Waals surface area contributed by atoms with Gasteiger partial charge in [-0.05, 0) is 23.3 Å². The van der Waals surface area contributed by atoms with Crippen molar-refractivity contribution in [1.29, 1.82) is 0 Å². The second-order valence-corrected chi connectivity index (χ2v) is 8.11.